The van der Waals surface area contributed by atoms with Crippen molar-refractivity contribution in [2.45, 2.75) is 64.6 Å². The number of amides is 2. The number of furan rings is 1. The fourth-order valence-electron chi connectivity index (χ4n) is 3.76. The van der Waals surface area contributed by atoms with Crippen LogP contribution in [-0.4, -0.2) is 36.2 Å². The lowest BCUT2D eigenvalue weighted by atomic mass is 10.1. The first-order valence-corrected chi connectivity index (χ1v) is 8.32. The van der Waals surface area contributed by atoms with E-state index in [1.54, 1.807) is 0 Å². The number of hydrogen-bond donors (Lipinski definition) is 1. The van der Waals surface area contributed by atoms with Crippen LogP contribution in [-0.2, 0) is 4.74 Å². The highest BCUT2D eigenvalue weighted by molar-refractivity contribution is 5.75. The van der Waals surface area contributed by atoms with Gasteiger partial charge in [0.05, 0.1) is 18.2 Å². The topological polar surface area (TPSA) is 54.7 Å². The zero-order chi connectivity index (χ0) is 15.7. The van der Waals surface area contributed by atoms with Crippen LogP contribution in [0.25, 0.3) is 0 Å². The third-order valence-corrected chi connectivity index (χ3v) is 4.84. The molecule has 2 aliphatic rings. The Morgan fingerprint density at radius 1 is 1.36 bits per heavy atom. The molecule has 0 aromatic carbocycles. The van der Waals surface area contributed by atoms with Crippen molar-refractivity contribution < 1.29 is 13.9 Å². The van der Waals surface area contributed by atoms with E-state index in [9.17, 15) is 4.79 Å². The molecule has 122 valence electrons. The molecule has 3 atom stereocenters. The maximum absolute atomic E-state index is 12.6. The summed E-state index contributed by atoms with van der Waals surface area (Å²) in [6, 6.07) is 2.21. The van der Waals surface area contributed by atoms with Crippen molar-refractivity contribution in [1.29, 1.82) is 0 Å². The van der Waals surface area contributed by atoms with Gasteiger partial charge in [0.2, 0.25) is 0 Å². The first-order valence-electron chi connectivity index (χ1n) is 8.32. The molecule has 1 aromatic rings. The van der Waals surface area contributed by atoms with Crippen molar-refractivity contribution >= 4 is 6.03 Å². The van der Waals surface area contributed by atoms with Crippen molar-refractivity contribution in [3.05, 3.63) is 23.2 Å². The minimum absolute atomic E-state index is 0.0174. The molecule has 2 amide bonds. The molecular weight excluding hydrogens is 280 g/mol. The quantitative estimate of drug-likeness (QED) is 0.932. The third kappa shape index (κ3) is 3.00. The fourth-order valence-corrected chi connectivity index (χ4v) is 3.76. The van der Waals surface area contributed by atoms with Crippen LogP contribution in [0.3, 0.4) is 0 Å². The Bertz CT molecular complexity index is 534. The molecule has 1 N–H and O–H groups in total. The van der Waals surface area contributed by atoms with Crippen LogP contribution in [0.5, 0.6) is 0 Å². The molecule has 0 radical (unpaired) electrons. The predicted octanol–water partition coefficient (Wildman–Crippen LogP) is 3.31. The first kappa shape index (κ1) is 15.4. The Hall–Kier alpha value is -1.49. The Kier molecular flexibility index (Phi) is 4.43. The van der Waals surface area contributed by atoms with Gasteiger partial charge in [-0.05, 0) is 52.5 Å². The molecule has 2 fully saturated rings. The van der Waals surface area contributed by atoms with Gasteiger partial charge in [0.1, 0.15) is 11.5 Å². The summed E-state index contributed by atoms with van der Waals surface area (Å²) < 4.78 is 11.4. The molecule has 0 bridgehead atoms. The highest BCUT2D eigenvalue weighted by Gasteiger charge is 2.37. The van der Waals surface area contributed by atoms with Gasteiger partial charge in [0.25, 0.3) is 0 Å². The lowest BCUT2D eigenvalue weighted by Gasteiger charge is -2.30. The van der Waals surface area contributed by atoms with Crippen LogP contribution in [0.15, 0.2) is 10.5 Å². The maximum atomic E-state index is 12.6. The van der Waals surface area contributed by atoms with Gasteiger partial charge in [-0.15, -0.1) is 0 Å². The lowest BCUT2D eigenvalue weighted by Crippen LogP contribution is -2.47. The molecule has 2 saturated heterocycles. The smallest absolute Gasteiger partial charge is 0.318 e. The summed E-state index contributed by atoms with van der Waals surface area (Å²) in [6.45, 7) is 7.54. The number of nitrogens with one attached hydrogen (secondary N) is 1. The second-order valence-electron chi connectivity index (χ2n) is 6.49. The number of carbonyl (C=O) groups is 1. The highest BCUT2D eigenvalue weighted by Crippen LogP contribution is 2.28. The molecular formula is C17H26N2O3. The van der Waals surface area contributed by atoms with E-state index < -0.39 is 0 Å². The van der Waals surface area contributed by atoms with Gasteiger partial charge in [-0.1, -0.05) is 0 Å². The molecule has 2 aliphatic heterocycles. The molecule has 3 rings (SSSR count). The number of rotatable bonds is 3. The van der Waals surface area contributed by atoms with Crippen molar-refractivity contribution in [2.24, 2.45) is 0 Å². The van der Waals surface area contributed by atoms with Crippen molar-refractivity contribution in [3.8, 4) is 0 Å². The summed E-state index contributed by atoms with van der Waals surface area (Å²) in [5, 5.41) is 3.12. The summed E-state index contributed by atoms with van der Waals surface area (Å²) >= 11 is 0. The van der Waals surface area contributed by atoms with Gasteiger partial charge < -0.3 is 19.4 Å². The molecule has 5 nitrogen and oxygen atoms in total. The van der Waals surface area contributed by atoms with Gasteiger partial charge in [0.15, 0.2) is 0 Å². The van der Waals surface area contributed by atoms with Gasteiger partial charge >= 0.3 is 6.03 Å². The summed E-state index contributed by atoms with van der Waals surface area (Å²) in [6.07, 6.45) is 4.53. The average molecular weight is 306 g/mol. The molecule has 3 unspecified atom stereocenters. The Balaban J connectivity index is 1.64. The summed E-state index contributed by atoms with van der Waals surface area (Å²) in [5.41, 5.74) is 1.05. The number of carbonyl (C=O) groups excluding carboxylic acids is 1. The Morgan fingerprint density at radius 2 is 2.18 bits per heavy atom. The SMILES string of the molecule is Cc1cc(C(C)NC(=O)N2CCCC2C2CCCO2)c(C)o1. The predicted molar refractivity (Wildman–Crippen MR) is 83.8 cm³/mol. The number of nitrogens with zero attached hydrogens (tertiary/aromatic N) is 1. The number of likely N-dealkylation sites (tertiary alicyclic amines) is 1. The second kappa shape index (κ2) is 6.32. The minimum atomic E-state index is -0.0457. The van der Waals surface area contributed by atoms with Crippen LogP contribution in [0.2, 0.25) is 0 Å². The number of ether oxygens (including phenoxy) is 1. The number of urea groups is 1. The van der Waals surface area contributed by atoms with Gasteiger partial charge in [-0.2, -0.15) is 0 Å². The monoisotopic (exact) mass is 306 g/mol. The fraction of sp³-hybridized carbons (Fsp3) is 0.706. The summed E-state index contributed by atoms with van der Waals surface area (Å²) in [5.74, 6) is 1.76. The highest BCUT2D eigenvalue weighted by atomic mass is 16.5. The maximum Gasteiger partial charge on any atom is 0.318 e. The Labute approximate surface area is 132 Å². The molecule has 5 heteroatoms. The van der Waals surface area contributed by atoms with Gasteiger partial charge in [0, 0.05) is 18.7 Å². The van der Waals surface area contributed by atoms with E-state index in [0.29, 0.717) is 0 Å². The summed E-state index contributed by atoms with van der Waals surface area (Å²) in [7, 11) is 0. The first-order chi connectivity index (χ1) is 10.6. The van der Waals surface area contributed by atoms with Crippen molar-refractivity contribution in [1.82, 2.24) is 10.2 Å². The number of aryl methyl sites for hydroxylation is 2. The number of hydrogen-bond acceptors (Lipinski definition) is 3. The van der Waals surface area contributed by atoms with Crippen LogP contribution in [0.4, 0.5) is 4.79 Å². The largest absolute Gasteiger partial charge is 0.466 e. The van der Waals surface area contributed by atoms with E-state index in [1.807, 2.05) is 31.7 Å². The van der Waals surface area contributed by atoms with E-state index in [0.717, 1.165) is 55.9 Å². The van der Waals surface area contributed by atoms with E-state index in [2.05, 4.69) is 5.32 Å². The third-order valence-electron chi connectivity index (χ3n) is 4.84. The van der Waals surface area contributed by atoms with E-state index in [1.165, 1.54) is 0 Å². The molecule has 22 heavy (non-hydrogen) atoms. The zero-order valence-corrected chi connectivity index (χ0v) is 13.7. The van der Waals surface area contributed by atoms with Crippen LogP contribution in [0.1, 0.15) is 55.7 Å². The standard InChI is InChI=1S/C17H26N2O3/c1-11-10-14(13(3)22-11)12(2)18-17(20)19-8-4-6-15(19)16-7-5-9-21-16/h10,12,15-16H,4-9H2,1-3H3,(H,18,20). The molecule has 0 aliphatic carbocycles. The van der Waals surface area contributed by atoms with E-state index in [4.69, 9.17) is 9.15 Å². The van der Waals surface area contributed by atoms with Crippen LogP contribution >= 0.6 is 0 Å². The van der Waals surface area contributed by atoms with E-state index >= 15 is 0 Å². The van der Waals surface area contributed by atoms with Crippen molar-refractivity contribution in [2.75, 3.05) is 13.2 Å². The molecule has 0 spiro atoms. The van der Waals surface area contributed by atoms with Gasteiger partial charge in [-0.3, -0.25) is 0 Å². The molecule has 3 heterocycles. The van der Waals surface area contributed by atoms with Gasteiger partial charge in [-0.25, -0.2) is 4.79 Å². The molecule has 1 aromatic heterocycles. The zero-order valence-electron chi connectivity index (χ0n) is 13.7. The lowest BCUT2D eigenvalue weighted by molar-refractivity contribution is 0.0517. The second-order valence-corrected chi connectivity index (χ2v) is 6.49. The normalized spacial score (nSPS) is 26.4. The van der Waals surface area contributed by atoms with E-state index in [-0.39, 0.29) is 24.2 Å². The molecule has 0 saturated carbocycles. The van der Waals surface area contributed by atoms with Crippen LogP contribution in [0, 0.1) is 13.8 Å². The summed E-state index contributed by atoms with van der Waals surface area (Å²) in [4.78, 5) is 14.6. The Morgan fingerprint density at radius 3 is 2.82 bits per heavy atom. The minimum Gasteiger partial charge on any atom is -0.466 e. The average Bonchev–Trinajstić information content (AvgIpc) is 3.17. The van der Waals surface area contributed by atoms with Crippen LogP contribution < -0.4 is 5.32 Å². The van der Waals surface area contributed by atoms with Crippen molar-refractivity contribution in [3.63, 3.8) is 0 Å².